The number of nitrogens with one attached hydrogen (secondary N) is 1. The highest BCUT2D eigenvalue weighted by Crippen LogP contribution is 2.40. The predicted molar refractivity (Wildman–Crippen MR) is 80.4 cm³/mol. The monoisotopic (exact) mass is 279 g/mol. The minimum atomic E-state index is -0.295. The molecule has 0 saturated heterocycles. The fraction of sp³-hybridized carbons (Fsp3) is 0.647. The van der Waals surface area contributed by atoms with E-state index < -0.39 is 0 Å². The number of hydrogen-bond acceptors (Lipinski definition) is 2. The van der Waals surface area contributed by atoms with Gasteiger partial charge >= 0.3 is 0 Å². The van der Waals surface area contributed by atoms with E-state index in [9.17, 15) is 4.39 Å². The van der Waals surface area contributed by atoms with Gasteiger partial charge in [-0.2, -0.15) is 0 Å². The van der Waals surface area contributed by atoms with Gasteiger partial charge in [-0.1, -0.05) is 19.9 Å². The standard InChI is InChI=1S/C17H26FNO/c1-11-7-12(2)9-14(8-11)17(19-3)13-5-6-15(18)16(10-13)20-4/h5-6,10-12,14,17,19H,7-9H2,1-4H3. The van der Waals surface area contributed by atoms with Crippen molar-refractivity contribution in [3.05, 3.63) is 29.6 Å². The molecule has 112 valence electrons. The summed E-state index contributed by atoms with van der Waals surface area (Å²) in [6.45, 7) is 4.67. The first-order valence-electron chi connectivity index (χ1n) is 7.55. The van der Waals surface area contributed by atoms with Crippen LogP contribution in [0.25, 0.3) is 0 Å². The molecule has 0 radical (unpaired) electrons. The van der Waals surface area contributed by atoms with Crippen LogP contribution in [-0.4, -0.2) is 14.2 Å². The van der Waals surface area contributed by atoms with E-state index in [1.165, 1.54) is 32.4 Å². The van der Waals surface area contributed by atoms with Crippen LogP contribution in [0.4, 0.5) is 4.39 Å². The lowest BCUT2D eigenvalue weighted by molar-refractivity contribution is 0.180. The molecule has 2 nitrogen and oxygen atoms in total. The first-order chi connectivity index (χ1) is 9.55. The third kappa shape index (κ3) is 3.32. The maximum Gasteiger partial charge on any atom is 0.165 e. The molecule has 20 heavy (non-hydrogen) atoms. The molecule has 1 aliphatic rings. The van der Waals surface area contributed by atoms with Gasteiger partial charge in [-0.05, 0) is 61.8 Å². The quantitative estimate of drug-likeness (QED) is 0.893. The van der Waals surface area contributed by atoms with E-state index in [1.807, 2.05) is 19.2 Å². The third-order valence-electron chi connectivity index (χ3n) is 4.53. The summed E-state index contributed by atoms with van der Waals surface area (Å²) < 4.78 is 18.7. The van der Waals surface area contributed by atoms with Crippen LogP contribution in [0.15, 0.2) is 18.2 Å². The van der Waals surface area contributed by atoms with E-state index >= 15 is 0 Å². The van der Waals surface area contributed by atoms with Gasteiger partial charge in [-0.3, -0.25) is 0 Å². The molecule has 3 atom stereocenters. The third-order valence-corrected chi connectivity index (χ3v) is 4.53. The van der Waals surface area contributed by atoms with Crippen molar-refractivity contribution in [1.29, 1.82) is 0 Å². The van der Waals surface area contributed by atoms with Crippen LogP contribution in [-0.2, 0) is 0 Å². The highest BCUT2D eigenvalue weighted by molar-refractivity contribution is 5.32. The van der Waals surface area contributed by atoms with Crippen LogP contribution in [0.1, 0.15) is 44.7 Å². The van der Waals surface area contributed by atoms with Crippen LogP contribution in [0, 0.1) is 23.6 Å². The van der Waals surface area contributed by atoms with Crippen LogP contribution in [0.5, 0.6) is 5.75 Å². The van der Waals surface area contributed by atoms with Crippen molar-refractivity contribution in [2.75, 3.05) is 14.2 Å². The lowest BCUT2D eigenvalue weighted by atomic mass is 9.72. The Morgan fingerprint density at radius 1 is 1.20 bits per heavy atom. The summed E-state index contributed by atoms with van der Waals surface area (Å²) in [4.78, 5) is 0. The summed E-state index contributed by atoms with van der Waals surface area (Å²) in [6, 6.07) is 5.49. The van der Waals surface area contributed by atoms with Gasteiger partial charge in [0.1, 0.15) is 0 Å². The molecule has 1 saturated carbocycles. The fourth-order valence-electron chi connectivity index (χ4n) is 3.83. The first kappa shape index (κ1) is 15.3. The van der Waals surface area contributed by atoms with Crippen molar-refractivity contribution in [2.45, 2.75) is 39.2 Å². The molecule has 0 amide bonds. The second kappa shape index (κ2) is 6.57. The van der Waals surface area contributed by atoms with Gasteiger partial charge in [0.2, 0.25) is 0 Å². The highest BCUT2D eigenvalue weighted by atomic mass is 19.1. The molecule has 3 unspecified atom stereocenters. The molecule has 0 aliphatic heterocycles. The first-order valence-corrected chi connectivity index (χ1v) is 7.55. The molecular weight excluding hydrogens is 253 g/mol. The van der Waals surface area contributed by atoms with Crippen molar-refractivity contribution in [3.8, 4) is 5.75 Å². The molecular formula is C17H26FNO. The van der Waals surface area contributed by atoms with Crippen molar-refractivity contribution in [1.82, 2.24) is 5.32 Å². The summed E-state index contributed by atoms with van der Waals surface area (Å²) >= 11 is 0. The van der Waals surface area contributed by atoms with Crippen molar-refractivity contribution in [2.24, 2.45) is 17.8 Å². The van der Waals surface area contributed by atoms with Crippen molar-refractivity contribution < 1.29 is 9.13 Å². The Balaban J connectivity index is 2.23. The van der Waals surface area contributed by atoms with Crippen molar-refractivity contribution in [3.63, 3.8) is 0 Å². The molecule has 0 heterocycles. The Kier molecular flexibility index (Phi) is 5.03. The van der Waals surface area contributed by atoms with E-state index in [-0.39, 0.29) is 11.9 Å². The minimum Gasteiger partial charge on any atom is -0.494 e. The number of benzene rings is 1. The molecule has 1 N–H and O–H groups in total. The van der Waals surface area contributed by atoms with Crippen LogP contribution in [0.3, 0.4) is 0 Å². The molecule has 0 bridgehead atoms. The number of methoxy groups -OCH3 is 1. The Morgan fingerprint density at radius 3 is 2.40 bits per heavy atom. The lowest BCUT2D eigenvalue weighted by Gasteiger charge is -2.36. The summed E-state index contributed by atoms with van der Waals surface area (Å²) in [5.74, 6) is 2.17. The summed E-state index contributed by atoms with van der Waals surface area (Å²) in [6.07, 6.45) is 3.78. The van der Waals surface area contributed by atoms with E-state index in [0.717, 1.165) is 17.4 Å². The zero-order chi connectivity index (χ0) is 14.7. The van der Waals surface area contributed by atoms with Gasteiger partial charge in [0.25, 0.3) is 0 Å². The Hall–Kier alpha value is -1.09. The summed E-state index contributed by atoms with van der Waals surface area (Å²) in [7, 11) is 3.51. The van der Waals surface area contributed by atoms with Gasteiger partial charge in [0.05, 0.1) is 7.11 Å². The highest BCUT2D eigenvalue weighted by Gasteiger charge is 2.30. The van der Waals surface area contributed by atoms with Gasteiger partial charge in [-0.15, -0.1) is 0 Å². The van der Waals surface area contributed by atoms with Crippen LogP contribution in [0.2, 0.25) is 0 Å². The summed E-state index contributed by atoms with van der Waals surface area (Å²) in [5.41, 5.74) is 1.12. The average molecular weight is 279 g/mol. The normalized spacial score (nSPS) is 28.1. The van der Waals surface area contributed by atoms with E-state index in [1.54, 1.807) is 0 Å². The Labute approximate surface area is 121 Å². The van der Waals surface area contributed by atoms with Crippen LogP contribution < -0.4 is 10.1 Å². The second-order valence-corrected chi connectivity index (χ2v) is 6.34. The molecule has 0 spiro atoms. The maximum atomic E-state index is 13.6. The predicted octanol–water partition coefficient (Wildman–Crippen LogP) is 4.17. The number of ether oxygens (including phenoxy) is 1. The molecule has 0 aromatic heterocycles. The summed E-state index contributed by atoms with van der Waals surface area (Å²) in [5, 5.41) is 3.42. The molecule has 1 aromatic carbocycles. The minimum absolute atomic E-state index is 0.273. The van der Waals surface area contributed by atoms with Crippen LogP contribution >= 0.6 is 0 Å². The number of hydrogen-bond donors (Lipinski definition) is 1. The van der Waals surface area contributed by atoms with Gasteiger partial charge in [-0.25, -0.2) is 4.39 Å². The van der Waals surface area contributed by atoms with E-state index in [0.29, 0.717) is 11.7 Å². The Morgan fingerprint density at radius 2 is 1.85 bits per heavy atom. The molecule has 3 heteroatoms. The van der Waals surface area contributed by atoms with Gasteiger partial charge in [0.15, 0.2) is 11.6 Å². The largest absolute Gasteiger partial charge is 0.494 e. The molecule has 2 rings (SSSR count). The SMILES string of the molecule is CNC(c1ccc(F)c(OC)c1)C1CC(C)CC(C)C1. The smallest absolute Gasteiger partial charge is 0.165 e. The zero-order valence-corrected chi connectivity index (χ0v) is 12.9. The molecule has 1 aliphatic carbocycles. The second-order valence-electron chi connectivity index (χ2n) is 6.34. The number of rotatable bonds is 4. The number of halogens is 1. The van der Waals surface area contributed by atoms with Gasteiger partial charge < -0.3 is 10.1 Å². The average Bonchev–Trinajstić information content (AvgIpc) is 2.40. The molecule has 1 fully saturated rings. The van der Waals surface area contributed by atoms with E-state index in [4.69, 9.17) is 4.74 Å². The van der Waals surface area contributed by atoms with Gasteiger partial charge in [0, 0.05) is 6.04 Å². The molecule has 1 aromatic rings. The topological polar surface area (TPSA) is 21.3 Å². The van der Waals surface area contributed by atoms with Crippen molar-refractivity contribution >= 4 is 0 Å². The lowest BCUT2D eigenvalue weighted by Crippen LogP contribution is -2.31. The fourth-order valence-corrected chi connectivity index (χ4v) is 3.83. The van der Waals surface area contributed by atoms with E-state index in [2.05, 4.69) is 19.2 Å². The Bertz CT molecular complexity index is 439. The zero-order valence-electron chi connectivity index (χ0n) is 12.9. The maximum absolute atomic E-state index is 13.6.